The zero-order chi connectivity index (χ0) is 20.5. The number of para-hydroxylation sites is 1. The first kappa shape index (κ1) is 20.7. The van der Waals surface area contributed by atoms with Crippen molar-refractivity contribution in [2.75, 3.05) is 24.4 Å². The van der Waals surface area contributed by atoms with E-state index in [1.54, 1.807) is 29.2 Å². The van der Waals surface area contributed by atoms with Gasteiger partial charge in [-0.2, -0.15) is 0 Å². The number of halogens is 1. The highest BCUT2D eigenvalue weighted by Crippen LogP contribution is 2.28. The Morgan fingerprint density at radius 2 is 1.68 bits per heavy atom. The molecule has 0 N–H and O–H groups in total. The fourth-order valence-electron chi connectivity index (χ4n) is 3.76. The van der Waals surface area contributed by atoms with Crippen LogP contribution in [-0.2, 0) is 10.0 Å². The van der Waals surface area contributed by atoms with Crippen molar-refractivity contribution in [2.45, 2.75) is 25.2 Å². The molecule has 2 aromatic carbocycles. The van der Waals surface area contributed by atoms with Gasteiger partial charge in [-0.1, -0.05) is 43.6 Å². The lowest BCUT2D eigenvalue weighted by Crippen LogP contribution is -2.42. The van der Waals surface area contributed by atoms with Gasteiger partial charge in [0.2, 0.25) is 0 Å². The number of nitrogens with zero attached hydrogens (tertiary/aromatic N) is 2. The highest BCUT2D eigenvalue weighted by Gasteiger charge is 2.29. The van der Waals surface area contributed by atoms with Gasteiger partial charge in [0.15, 0.2) is 0 Å². The van der Waals surface area contributed by atoms with Crippen molar-refractivity contribution in [1.29, 1.82) is 0 Å². The maximum absolute atomic E-state index is 13.1. The van der Waals surface area contributed by atoms with E-state index in [0.717, 1.165) is 6.42 Å². The summed E-state index contributed by atoms with van der Waals surface area (Å²) in [7, 11) is -2.32. The summed E-state index contributed by atoms with van der Waals surface area (Å²) in [5.74, 6) is 0.591. The van der Waals surface area contributed by atoms with Gasteiger partial charge in [0.1, 0.15) is 0 Å². The maximum atomic E-state index is 13.1. The van der Waals surface area contributed by atoms with Crippen LogP contribution in [-0.4, -0.2) is 39.4 Å². The molecule has 1 aliphatic rings. The molecule has 0 bridgehead atoms. The van der Waals surface area contributed by atoms with E-state index in [1.807, 2.05) is 6.07 Å². The Bertz CT molecular complexity index is 953. The summed E-state index contributed by atoms with van der Waals surface area (Å²) in [6, 6.07) is 13.1. The van der Waals surface area contributed by atoms with Crippen LogP contribution in [0, 0.1) is 11.8 Å². The fourth-order valence-corrected chi connectivity index (χ4v) is 5.18. The molecule has 0 unspecified atom stereocenters. The summed E-state index contributed by atoms with van der Waals surface area (Å²) in [6.45, 7) is 5.54. The molecule has 7 heteroatoms. The van der Waals surface area contributed by atoms with E-state index in [4.69, 9.17) is 11.6 Å². The van der Waals surface area contributed by atoms with Crippen LogP contribution in [0.3, 0.4) is 0 Å². The van der Waals surface area contributed by atoms with Crippen LogP contribution < -0.4 is 4.31 Å². The van der Waals surface area contributed by atoms with Crippen LogP contribution in [0.4, 0.5) is 5.69 Å². The standard InChI is InChI=1S/C21H25ClN2O3S/c1-15-11-16(2)14-24(13-15)21(25)19-12-18(9-10-20(19)22)28(26,27)23(3)17-7-5-4-6-8-17/h4-10,12,15-16H,11,13-14H2,1-3H3/t15-,16-/m1/s1. The van der Waals surface area contributed by atoms with E-state index in [-0.39, 0.29) is 21.4 Å². The molecule has 1 amide bonds. The number of benzene rings is 2. The van der Waals surface area contributed by atoms with Crippen LogP contribution in [0.25, 0.3) is 0 Å². The SMILES string of the molecule is C[C@@H]1C[C@@H](C)CN(C(=O)c2cc(S(=O)(=O)N(C)c3ccccc3)ccc2Cl)C1. The van der Waals surface area contributed by atoms with Crippen molar-refractivity contribution in [3.63, 3.8) is 0 Å². The van der Waals surface area contributed by atoms with E-state index in [9.17, 15) is 13.2 Å². The molecule has 2 atom stereocenters. The number of hydrogen-bond acceptors (Lipinski definition) is 3. The lowest BCUT2D eigenvalue weighted by molar-refractivity contribution is 0.0623. The zero-order valence-corrected chi connectivity index (χ0v) is 17.9. The van der Waals surface area contributed by atoms with Crippen LogP contribution in [0.1, 0.15) is 30.6 Å². The summed E-state index contributed by atoms with van der Waals surface area (Å²) < 4.78 is 27.3. The predicted molar refractivity (Wildman–Crippen MR) is 112 cm³/mol. The Balaban J connectivity index is 1.94. The molecular weight excluding hydrogens is 396 g/mol. The molecule has 1 saturated heterocycles. The Morgan fingerprint density at radius 3 is 2.29 bits per heavy atom. The highest BCUT2D eigenvalue weighted by molar-refractivity contribution is 7.92. The lowest BCUT2D eigenvalue weighted by atomic mass is 9.91. The van der Waals surface area contributed by atoms with Gasteiger partial charge in [0.25, 0.3) is 15.9 Å². The minimum atomic E-state index is -3.81. The summed E-state index contributed by atoms with van der Waals surface area (Å²) in [6.07, 6.45) is 1.08. The topological polar surface area (TPSA) is 57.7 Å². The van der Waals surface area contributed by atoms with Crippen molar-refractivity contribution in [2.24, 2.45) is 11.8 Å². The van der Waals surface area contributed by atoms with Gasteiger partial charge < -0.3 is 4.90 Å². The minimum absolute atomic E-state index is 0.0460. The predicted octanol–water partition coefficient (Wildman–Crippen LogP) is 4.28. The van der Waals surface area contributed by atoms with E-state index in [2.05, 4.69) is 13.8 Å². The summed E-state index contributed by atoms with van der Waals surface area (Å²) >= 11 is 6.27. The second-order valence-electron chi connectivity index (χ2n) is 7.61. The van der Waals surface area contributed by atoms with E-state index < -0.39 is 10.0 Å². The molecule has 2 aromatic rings. The number of rotatable bonds is 4. The van der Waals surface area contributed by atoms with Gasteiger partial charge in [0, 0.05) is 20.1 Å². The smallest absolute Gasteiger partial charge is 0.264 e. The van der Waals surface area contributed by atoms with Crippen LogP contribution in [0.5, 0.6) is 0 Å². The summed E-state index contributed by atoms with van der Waals surface area (Å²) in [5.41, 5.74) is 0.773. The average molecular weight is 421 g/mol. The molecule has 0 radical (unpaired) electrons. The first-order chi connectivity index (χ1) is 13.2. The van der Waals surface area contributed by atoms with Crippen molar-refractivity contribution in [3.8, 4) is 0 Å². The van der Waals surface area contributed by atoms with Crippen molar-refractivity contribution in [3.05, 3.63) is 59.1 Å². The third kappa shape index (κ3) is 4.18. The fraction of sp³-hybridized carbons (Fsp3) is 0.381. The molecule has 5 nitrogen and oxygen atoms in total. The average Bonchev–Trinajstić information content (AvgIpc) is 2.67. The summed E-state index contributed by atoms with van der Waals surface area (Å²) in [4.78, 5) is 14.9. The Labute approximate surface area is 172 Å². The molecule has 0 aliphatic carbocycles. The van der Waals surface area contributed by atoms with Gasteiger partial charge in [-0.15, -0.1) is 0 Å². The monoisotopic (exact) mass is 420 g/mol. The molecule has 1 aliphatic heterocycles. The Morgan fingerprint density at radius 1 is 1.07 bits per heavy atom. The third-order valence-electron chi connectivity index (χ3n) is 5.10. The second kappa shape index (κ2) is 8.13. The molecule has 0 aromatic heterocycles. The van der Waals surface area contributed by atoms with Crippen molar-refractivity contribution in [1.82, 2.24) is 4.90 Å². The first-order valence-corrected chi connectivity index (χ1v) is 11.1. The highest BCUT2D eigenvalue weighted by atomic mass is 35.5. The molecule has 3 rings (SSSR count). The number of carbonyl (C=O) groups is 1. The summed E-state index contributed by atoms with van der Waals surface area (Å²) in [5, 5.41) is 0.261. The molecule has 28 heavy (non-hydrogen) atoms. The number of likely N-dealkylation sites (tertiary alicyclic amines) is 1. The molecule has 1 fully saturated rings. The normalized spacial score (nSPS) is 20.1. The second-order valence-corrected chi connectivity index (χ2v) is 9.98. The lowest BCUT2D eigenvalue weighted by Gasteiger charge is -2.35. The van der Waals surface area contributed by atoms with Crippen LogP contribution >= 0.6 is 11.6 Å². The minimum Gasteiger partial charge on any atom is -0.338 e. The Hall–Kier alpha value is -2.05. The zero-order valence-electron chi connectivity index (χ0n) is 16.3. The first-order valence-electron chi connectivity index (χ1n) is 9.33. The van der Waals surface area contributed by atoms with E-state index >= 15 is 0 Å². The molecule has 150 valence electrons. The Kier molecular flexibility index (Phi) is 6.01. The maximum Gasteiger partial charge on any atom is 0.264 e. The van der Waals surface area contributed by atoms with Crippen LogP contribution in [0.2, 0.25) is 5.02 Å². The van der Waals surface area contributed by atoms with Gasteiger partial charge in [-0.25, -0.2) is 8.42 Å². The molecule has 1 heterocycles. The third-order valence-corrected chi connectivity index (χ3v) is 7.21. The number of hydrogen-bond donors (Lipinski definition) is 0. The number of anilines is 1. The van der Waals surface area contributed by atoms with Gasteiger partial charge in [-0.3, -0.25) is 9.10 Å². The molecule has 0 saturated carbocycles. The van der Waals surface area contributed by atoms with Crippen LogP contribution in [0.15, 0.2) is 53.4 Å². The number of piperidine rings is 1. The van der Waals surface area contributed by atoms with E-state index in [1.165, 1.54) is 29.6 Å². The van der Waals surface area contributed by atoms with Gasteiger partial charge in [0.05, 0.1) is 21.2 Å². The number of sulfonamides is 1. The van der Waals surface area contributed by atoms with Gasteiger partial charge in [-0.05, 0) is 48.6 Å². The quantitative estimate of drug-likeness (QED) is 0.741. The van der Waals surface area contributed by atoms with Gasteiger partial charge >= 0.3 is 0 Å². The van der Waals surface area contributed by atoms with Crippen molar-refractivity contribution < 1.29 is 13.2 Å². The number of carbonyl (C=O) groups excluding carboxylic acids is 1. The molecule has 0 spiro atoms. The molecular formula is C21H25ClN2O3S. The van der Waals surface area contributed by atoms with Crippen molar-refractivity contribution >= 4 is 33.2 Å². The number of amides is 1. The van der Waals surface area contributed by atoms with E-state index in [0.29, 0.717) is 30.6 Å². The largest absolute Gasteiger partial charge is 0.338 e.